The summed E-state index contributed by atoms with van der Waals surface area (Å²) in [5, 5.41) is 19.5. The van der Waals surface area contributed by atoms with Gasteiger partial charge < -0.3 is 14.9 Å². The van der Waals surface area contributed by atoms with Gasteiger partial charge in [0.1, 0.15) is 6.10 Å². The van der Waals surface area contributed by atoms with E-state index in [4.69, 9.17) is 11.6 Å². The molecular weight excluding hydrogens is 260 g/mol. The van der Waals surface area contributed by atoms with Crippen LogP contribution in [0, 0.1) is 0 Å². The first kappa shape index (κ1) is 14.6. The van der Waals surface area contributed by atoms with Crippen LogP contribution in [0.3, 0.4) is 0 Å². The standard InChI is InChI=1S/C12H13ClO5/c1-2-18-12(17)11(16)10(15)7-3-4-8(6-14)9(13)5-7/h3-6,10-11,15-16H,2H2,1H3. The second-order valence-electron chi connectivity index (χ2n) is 3.54. The van der Waals surface area contributed by atoms with Gasteiger partial charge in [0.05, 0.1) is 11.6 Å². The first-order valence-electron chi connectivity index (χ1n) is 5.28. The van der Waals surface area contributed by atoms with Crippen molar-refractivity contribution in [3.63, 3.8) is 0 Å². The zero-order valence-electron chi connectivity index (χ0n) is 9.67. The van der Waals surface area contributed by atoms with Crippen molar-refractivity contribution < 1.29 is 24.5 Å². The highest BCUT2D eigenvalue weighted by Gasteiger charge is 2.27. The minimum Gasteiger partial charge on any atom is -0.464 e. The smallest absolute Gasteiger partial charge is 0.338 e. The molecule has 1 rings (SSSR count). The van der Waals surface area contributed by atoms with E-state index in [1.165, 1.54) is 18.2 Å². The molecule has 0 fully saturated rings. The van der Waals surface area contributed by atoms with Crippen LogP contribution in [-0.2, 0) is 9.53 Å². The fourth-order valence-corrected chi connectivity index (χ4v) is 1.60. The molecular formula is C12H13ClO5. The van der Waals surface area contributed by atoms with E-state index in [1.807, 2.05) is 0 Å². The second-order valence-corrected chi connectivity index (χ2v) is 3.95. The molecule has 0 aliphatic rings. The predicted molar refractivity (Wildman–Crippen MR) is 64.4 cm³/mol. The number of ether oxygens (including phenoxy) is 1. The topological polar surface area (TPSA) is 83.8 Å². The van der Waals surface area contributed by atoms with Crippen LogP contribution in [0.5, 0.6) is 0 Å². The molecule has 0 aliphatic carbocycles. The number of aliphatic hydroxyl groups excluding tert-OH is 2. The maximum absolute atomic E-state index is 11.2. The molecule has 2 unspecified atom stereocenters. The van der Waals surface area contributed by atoms with E-state index < -0.39 is 18.2 Å². The minimum atomic E-state index is -1.69. The Labute approximate surface area is 109 Å². The van der Waals surface area contributed by atoms with E-state index in [9.17, 15) is 19.8 Å². The van der Waals surface area contributed by atoms with Crippen LogP contribution < -0.4 is 0 Å². The maximum Gasteiger partial charge on any atom is 0.338 e. The Morgan fingerprint density at radius 3 is 2.67 bits per heavy atom. The Kier molecular flexibility index (Phi) is 5.27. The summed E-state index contributed by atoms with van der Waals surface area (Å²) in [6.07, 6.45) is -2.58. The number of aliphatic hydroxyl groups is 2. The van der Waals surface area contributed by atoms with Crippen molar-refractivity contribution in [3.8, 4) is 0 Å². The number of hydrogen-bond acceptors (Lipinski definition) is 5. The normalized spacial score (nSPS) is 13.8. The van der Waals surface area contributed by atoms with Gasteiger partial charge in [0.15, 0.2) is 12.4 Å². The Hall–Kier alpha value is -1.43. The van der Waals surface area contributed by atoms with Gasteiger partial charge in [-0.2, -0.15) is 0 Å². The van der Waals surface area contributed by atoms with Gasteiger partial charge in [-0.15, -0.1) is 0 Å². The molecule has 0 spiro atoms. The Morgan fingerprint density at radius 2 is 2.17 bits per heavy atom. The number of carbonyl (C=O) groups is 2. The third-order valence-corrected chi connectivity index (χ3v) is 2.65. The molecule has 98 valence electrons. The summed E-state index contributed by atoms with van der Waals surface area (Å²) in [4.78, 5) is 21.8. The van der Waals surface area contributed by atoms with Crippen molar-refractivity contribution in [2.24, 2.45) is 0 Å². The fraction of sp³-hybridized carbons (Fsp3) is 0.333. The molecule has 0 saturated carbocycles. The lowest BCUT2D eigenvalue weighted by Gasteiger charge is -2.17. The number of benzene rings is 1. The highest BCUT2D eigenvalue weighted by atomic mass is 35.5. The lowest BCUT2D eigenvalue weighted by atomic mass is 10.0. The Morgan fingerprint density at radius 1 is 1.50 bits per heavy atom. The van der Waals surface area contributed by atoms with Crippen LogP contribution in [0.1, 0.15) is 28.9 Å². The van der Waals surface area contributed by atoms with Gasteiger partial charge in [-0.25, -0.2) is 4.79 Å². The molecule has 2 N–H and O–H groups in total. The van der Waals surface area contributed by atoms with Gasteiger partial charge in [-0.05, 0) is 24.6 Å². The highest BCUT2D eigenvalue weighted by molar-refractivity contribution is 6.33. The first-order valence-corrected chi connectivity index (χ1v) is 5.66. The van der Waals surface area contributed by atoms with Crippen molar-refractivity contribution >= 4 is 23.9 Å². The van der Waals surface area contributed by atoms with Crippen LogP contribution >= 0.6 is 11.6 Å². The van der Waals surface area contributed by atoms with E-state index in [0.717, 1.165) is 0 Å². The van der Waals surface area contributed by atoms with E-state index in [-0.39, 0.29) is 22.8 Å². The summed E-state index contributed by atoms with van der Waals surface area (Å²) < 4.78 is 4.58. The number of halogens is 1. The molecule has 0 amide bonds. The summed E-state index contributed by atoms with van der Waals surface area (Å²) >= 11 is 5.78. The van der Waals surface area contributed by atoms with E-state index >= 15 is 0 Å². The van der Waals surface area contributed by atoms with E-state index in [2.05, 4.69) is 4.74 Å². The lowest BCUT2D eigenvalue weighted by molar-refractivity contribution is -0.159. The third-order valence-electron chi connectivity index (χ3n) is 2.32. The van der Waals surface area contributed by atoms with Gasteiger partial charge >= 0.3 is 5.97 Å². The predicted octanol–water partition coefficient (Wildman–Crippen LogP) is 1.11. The Bertz CT molecular complexity index is 446. The van der Waals surface area contributed by atoms with Crippen molar-refractivity contribution in [2.45, 2.75) is 19.1 Å². The quantitative estimate of drug-likeness (QED) is 0.620. The SMILES string of the molecule is CCOC(=O)C(O)C(O)c1ccc(C=O)c(Cl)c1. The molecule has 0 aromatic heterocycles. The van der Waals surface area contributed by atoms with Gasteiger partial charge in [-0.3, -0.25) is 4.79 Å². The van der Waals surface area contributed by atoms with Gasteiger partial charge in [0, 0.05) is 5.56 Å². The van der Waals surface area contributed by atoms with Crippen LogP contribution in [0.2, 0.25) is 5.02 Å². The number of aldehydes is 1. The molecule has 0 bridgehead atoms. The molecule has 1 aromatic carbocycles. The summed E-state index contributed by atoms with van der Waals surface area (Å²) in [5.74, 6) is -0.916. The largest absolute Gasteiger partial charge is 0.464 e. The Balaban J connectivity index is 2.89. The zero-order chi connectivity index (χ0) is 13.7. The number of carbonyl (C=O) groups excluding carboxylic acids is 2. The molecule has 0 radical (unpaired) electrons. The van der Waals surface area contributed by atoms with Crippen LogP contribution in [0.4, 0.5) is 0 Å². The van der Waals surface area contributed by atoms with Crippen molar-refractivity contribution in [3.05, 3.63) is 34.3 Å². The number of esters is 1. The average molecular weight is 273 g/mol. The maximum atomic E-state index is 11.2. The first-order chi connectivity index (χ1) is 8.51. The van der Waals surface area contributed by atoms with Crippen molar-refractivity contribution in [2.75, 3.05) is 6.61 Å². The molecule has 6 heteroatoms. The van der Waals surface area contributed by atoms with Gasteiger partial charge in [0.25, 0.3) is 0 Å². The van der Waals surface area contributed by atoms with Gasteiger partial charge in [0.2, 0.25) is 0 Å². The molecule has 0 saturated heterocycles. The summed E-state index contributed by atoms with van der Waals surface area (Å²) in [5.41, 5.74) is 0.490. The van der Waals surface area contributed by atoms with Crippen molar-refractivity contribution in [1.29, 1.82) is 0 Å². The van der Waals surface area contributed by atoms with Gasteiger partial charge in [-0.1, -0.05) is 17.7 Å². The second kappa shape index (κ2) is 6.49. The van der Waals surface area contributed by atoms with E-state index in [0.29, 0.717) is 6.29 Å². The summed E-state index contributed by atoms with van der Waals surface area (Å²) in [7, 11) is 0. The number of hydrogen-bond donors (Lipinski definition) is 2. The highest BCUT2D eigenvalue weighted by Crippen LogP contribution is 2.23. The summed E-state index contributed by atoms with van der Waals surface area (Å²) in [6.45, 7) is 1.69. The molecule has 2 atom stereocenters. The van der Waals surface area contributed by atoms with E-state index in [1.54, 1.807) is 6.92 Å². The van der Waals surface area contributed by atoms with Crippen LogP contribution in [0.25, 0.3) is 0 Å². The fourth-order valence-electron chi connectivity index (χ4n) is 1.36. The average Bonchev–Trinajstić information content (AvgIpc) is 2.37. The van der Waals surface area contributed by atoms with Crippen LogP contribution in [-0.4, -0.2) is 35.2 Å². The molecule has 18 heavy (non-hydrogen) atoms. The minimum absolute atomic E-state index is 0.105. The molecule has 1 aromatic rings. The zero-order valence-corrected chi connectivity index (χ0v) is 10.4. The molecule has 0 heterocycles. The third kappa shape index (κ3) is 3.29. The molecule has 5 nitrogen and oxygen atoms in total. The summed E-state index contributed by atoms with van der Waals surface area (Å²) in [6, 6.07) is 4.12. The lowest BCUT2D eigenvalue weighted by Crippen LogP contribution is -2.29. The number of rotatable bonds is 5. The monoisotopic (exact) mass is 272 g/mol. The molecule has 0 aliphatic heterocycles. The van der Waals surface area contributed by atoms with Crippen molar-refractivity contribution in [1.82, 2.24) is 0 Å². The van der Waals surface area contributed by atoms with Crippen LogP contribution in [0.15, 0.2) is 18.2 Å².